The van der Waals surface area contributed by atoms with Crippen LogP contribution in [0.2, 0.25) is 0 Å². The molecule has 1 heterocycles. The van der Waals surface area contributed by atoms with Gasteiger partial charge < -0.3 is 10.1 Å². The predicted octanol–water partition coefficient (Wildman–Crippen LogP) is 4.44. The summed E-state index contributed by atoms with van der Waals surface area (Å²) < 4.78 is 18.4. The Balaban J connectivity index is 1.69. The van der Waals surface area contributed by atoms with Gasteiger partial charge in [-0.2, -0.15) is 0 Å². The second-order valence-electron chi connectivity index (χ2n) is 6.32. The van der Waals surface area contributed by atoms with Gasteiger partial charge in [0, 0.05) is 11.6 Å². The third-order valence-corrected chi connectivity index (χ3v) is 5.02. The van der Waals surface area contributed by atoms with E-state index < -0.39 is 0 Å². The summed E-state index contributed by atoms with van der Waals surface area (Å²) in [6.45, 7) is 0. The number of carbonyl (C=O) groups is 1. The van der Waals surface area contributed by atoms with Crippen LogP contribution in [0.15, 0.2) is 54.6 Å². The summed E-state index contributed by atoms with van der Waals surface area (Å²) in [6, 6.07) is 12.6. The molecule has 122 valence electrons. The zero-order valence-corrected chi connectivity index (χ0v) is 13.3. The molecular weight excluding hydrogens is 305 g/mol. The summed E-state index contributed by atoms with van der Waals surface area (Å²) in [5, 5.41) is 3.55. The van der Waals surface area contributed by atoms with Crippen LogP contribution in [-0.2, 0) is 4.74 Å². The molecule has 3 atom stereocenters. The molecule has 0 radical (unpaired) electrons. The van der Waals surface area contributed by atoms with Crippen molar-refractivity contribution in [2.24, 2.45) is 5.92 Å². The van der Waals surface area contributed by atoms with E-state index >= 15 is 0 Å². The maximum absolute atomic E-state index is 13.6. The van der Waals surface area contributed by atoms with Crippen molar-refractivity contribution in [3.05, 3.63) is 77.1 Å². The van der Waals surface area contributed by atoms with E-state index in [9.17, 15) is 9.18 Å². The van der Waals surface area contributed by atoms with Crippen molar-refractivity contribution >= 4 is 11.7 Å². The number of halogens is 1. The molecule has 0 spiro atoms. The Bertz CT molecular complexity index is 813. The van der Waals surface area contributed by atoms with Crippen LogP contribution in [0.5, 0.6) is 0 Å². The SMILES string of the molecule is COC(=O)c1ccc([C@@H]2Nc3ccc(F)cc3[C@@H]3C=CC[C@@H]32)cc1. The molecule has 3 nitrogen and oxygen atoms in total. The zero-order chi connectivity index (χ0) is 16.7. The van der Waals surface area contributed by atoms with E-state index in [4.69, 9.17) is 4.74 Å². The lowest BCUT2D eigenvalue weighted by atomic mass is 9.77. The van der Waals surface area contributed by atoms with Gasteiger partial charge in [0.15, 0.2) is 0 Å². The van der Waals surface area contributed by atoms with E-state index in [0.29, 0.717) is 11.5 Å². The van der Waals surface area contributed by atoms with E-state index in [2.05, 4.69) is 17.5 Å². The first-order chi connectivity index (χ1) is 11.7. The number of rotatable bonds is 2. The smallest absolute Gasteiger partial charge is 0.337 e. The highest BCUT2D eigenvalue weighted by molar-refractivity contribution is 5.89. The molecule has 0 aromatic heterocycles. The average Bonchev–Trinajstić information content (AvgIpc) is 3.11. The molecule has 4 heteroatoms. The normalized spacial score (nSPS) is 24.0. The lowest BCUT2D eigenvalue weighted by Gasteiger charge is -2.37. The van der Waals surface area contributed by atoms with Gasteiger partial charge in [-0.1, -0.05) is 24.3 Å². The molecule has 2 aliphatic rings. The minimum Gasteiger partial charge on any atom is -0.465 e. The fourth-order valence-electron chi connectivity index (χ4n) is 3.84. The Morgan fingerprint density at radius 2 is 2.00 bits per heavy atom. The Morgan fingerprint density at radius 1 is 1.21 bits per heavy atom. The standard InChI is InChI=1S/C20H18FNO2/c1-24-20(23)13-7-5-12(6-8-13)19-16-4-2-3-15(16)17-11-14(21)9-10-18(17)22-19/h2-3,5-11,15-16,19,22H,4H2,1H3/t15-,16+,19+/m1/s1. The summed E-state index contributed by atoms with van der Waals surface area (Å²) in [7, 11) is 1.38. The van der Waals surface area contributed by atoms with Gasteiger partial charge in [-0.3, -0.25) is 0 Å². The fraction of sp³-hybridized carbons (Fsp3) is 0.250. The third kappa shape index (κ3) is 2.39. The average molecular weight is 323 g/mol. The first kappa shape index (κ1) is 14.9. The van der Waals surface area contributed by atoms with Crippen molar-refractivity contribution in [2.45, 2.75) is 18.4 Å². The van der Waals surface area contributed by atoms with Crippen LogP contribution in [-0.4, -0.2) is 13.1 Å². The van der Waals surface area contributed by atoms with Crippen LogP contribution < -0.4 is 5.32 Å². The molecule has 0 saturated heterocycles. The van der Waals surface area contributed by atoms with Crippen molar-refractivity contribution < 1.29 is 13.9 Å². The highest BCUT2D eigenvalue weighted by atomic mass is 19.1. The first-order valence-corrected chi connectivity index (χ1v) is 8.08. The predicted molar refractivity (Wildman–Crippen MR) is 90.5 cm³/mol. The third-order valence-electron chi connectivity index (χ3n) is 5.02. The molecule has 0 fully saturated rings. The van der Waals surface area contributed by atoms with Crippen molar-refractivity contribution in [1.29, 1.82) is 0 Å². The Kier molecular flexibility index (Phi) is 3.60. The number of ether oxygens (including phenoxy) is 1. The molecule has 0 unspecified atom stereocenters. The maximum atomic E-state index is 13.6. The molecule has 1 aliphatic carbocycles. The molecule has 0 amide bonds. The number of anilines is 1. The summed E-state index contributed by atoms with van der Waals surface area (Å²) in [4.78, 5) is 11.6. The number of allylic oxidation sites excluding steroid dienone is 2. The number of esters is 1. The molecule has 1 aliphatic heterocycles. The van der Waals surface area contributed by atoms with E-state index in [1.807, 2.05) is 18.2 Å². The summed E-state index contributed by atoms with van der Waals surface area (Å²) >= 11 is 0. The molecule has 4 rings (SSSR count). The molecule has 0 bridgehead atoms. The lowest BCUT2D eigenvalue weighted by Crippen LogP contribution is -2.29. The Labute approximate surface area is 140 Å². The lowest BCUT2D eigenvalue weighted by molar-refractivity contribution is 0.0600. The van der Waals surface area contributed by atoms with Gasteiger partial charge in [-0.05, 0) is 53.8 Å². The number of hydrogen-bond acceptors (Lipinski definition) is 3. The Morgan fingerprint density at radius 3 is 2.75 bits per heavy atom. The van der Waals surface area contributed by atoms with Gasteiger partial charge in [-0.15, -0.1) is 0 Å². The van der Waals surface area contributed by atoms with Crippen LogP contribution in [0.1, 0.15) is 39.9 Å². The van der Waals surface area contributed by atoms with Crippen LogP contribution in [0, 0.1) is 11.7 Å². The molecule has 2 aromatic carbocycles. The van der Waals surface area contributed by atoms with Crippen molar-refractivity contribution in [3.63, 3.8) is 0 Å². The van der Waals surface area contributed by atoms with E-state index in [1.165, 1.54) is 13.2 Å². The number of methoxy groups -OCH3 is 1. The monoisotopic (exact) mass is 323 g/mol. The molecule has 1 N–H and O–H groups in total. The second-order valence-corrected chi connectivity index (χ2v) is 6.32. The van der Waals surface area contributed by atoms with Crippen LogP contribution >= 0.6 is 0 Å². The van der Waals surface area contributed by atoms with Gasteiger partial charge in [0.25, 0.3) is 0 Å². The maximum Gasteiger partial charge on any atom is 0.337 e. The van der Waals surface area contributed by atoms with Gasteiger partial charge in [0.05, 0.1) is 18.7 Å². The fourth-order valence-corrected chi connectivity index (χ4v) is 3.84. The van der Waals surface area contributed by atoms with Crippen LogP contribution in [0.25, 0.3) is 0 Å². The van der Waals surface area contributed by atoms with E-state index in [1.54, 1.807) is 18.2 Å². The van der Waals surface area contributed by atoms with Crippen molar-refractivity contribution in [3.8, 4) is 0 Å². The number of nitrogens with one attached hydrogen (secondary N) is 1. The second kappa shape index (κ2) is 5.78. The molecule has 0 saturated carbocycles. The molecule has 2 aromatic rings. The highest BCUT2D eigenvalue weighted by Crippen LogP contribution is 2.49. The number of benzene rings is 2. The number of hydrogen-bond donors (Lipinski definition) is 1. The van der Waals surface area contributed by atoms with Gasteiger partial charge in [0.2, 0.25) is 0 Å². The minimum absolute atomic E-state index is 0.134. The highest BCUT2D eigenvalue weighted by Gasteiger charge is 2.37. The van der Waals surface area contributed by atoms with E-state index in [-0.39, 0.29) is 23.7 Å². The number of carbonyl (C=O) groups excluding carboxylic acids is 1. The summed E-state index contributed by atoms with van der Waals surface area (Å²) in [5.74, 6) is 0.0420. The van der Waals surface area contributed by atoms with Gasteiger partial charge in [-0.25, -0.2) is 9.18 Å². The summed E-state index contributed by atoms with van der Waals surface area (Å²) in [5.41, 5.74) is 3.67. The van der Waals surface area contributed by atoms with Gasteiger partial charge >= 0.3 is 5.97 Å². The topological polar surface area (TPSA) is 38.3 Å². The summed E-state index contributed by atoms with van der Waals surface area (Å²) in [6.07, 6.45) is 5.31. The number of fused-ring (bicyclic) bond motifs is 3. The molecular formula is C20H18FNO2. The zero-order valence-electron chi connectivity index (χ0n) is 13.3. The Hall–Kier alpha value is -2.62. The quantitative estimate of drug-likeness (QED) is 0.656. The van der Waals surface area contributed by atoms with E-state index in [0.717, 1.165) is 23.2 Å². The van der Waals surface area contributed by atoms with Gasteiger partial charge in [0.1, 0.15) is 5.82 Å². The van der Waals surface area contributed by atoms with Crippen molar-refractivity contribution in [2.75, 3.05) is 12.4 Å². The van der Waals surface area contributed by atoms with Crippen LogP contribution in [0.3, 0.4) is 0 Å². The minimum atomic E-state index is -0.334. The largest absolute Gasteiger partial charge is 0.465 e. The van der Waals surface area contributed by atoms with Crippen molar-refractivity contribution in [1.82, 2.24) is 0 Å². The first-order valence-electron chi connectivity index (χ1n) is 8.08. The van der Waals surface area contributed by atoms with Crippen LogP contribution in [0.4, 0.5) is 10.1 Å². The molecule has 24 heavy (non-hydrogen) atoms.